The predicted octanol–water partition coefficient (Wildman–Crippen LogP) is 4.59. The average Bonchev–Trinajstić information content (AvgIpc) is 2.97. The molecular weight excluding hydrogens is 351 g/mol. The predicted molar refractivity (Wildman–Crippen MR) is 91.3 cm³/mol. The zero-order chi connectivity index (χ0) is 17.1. The Bertz CT molecular complexity index is 819. The fourth-order valence-corrected chi connectivity index (χ4v) is 3.65. The summed E-state index contributed by atoms with van der Waals surface area (Å²) in [5.74, 6) is 0.231. The third kappa shape index (κ3) is 2.41. The third-order valence-electron chi connectivity index (χ3n) is 4.80. The van der Waals surface area contributed by atoms with Gasteiger partial charge in [-0.1, -0.05) is 36.2 Å². The lowest BCUT2D eigenvalue weighted by Crippen LogP contribution is -2.45. The molecule has 0 unspecified atom stereocenters. The van der Waals surface area contributed by atoms with E-state index in [1.807, 2.05) is 25.1 Å². The maximum absolute atomic E-state index is 10.7. The second-order valence-corrected chi connectivity index (χ2v) is 7.15. The van der Waals surface area contributed by atoms with Gasteiger partial charge in [0.25, 0.3) is 0 Å². The SMILES string of the molecule is C[C@@H]1[C@H](c2ccc(Cl)c(Cl)c2)c2cc3c(cc2O[C@@]1(C)O)OCO3. The second-order valence-electron chi connectivity index (χ2n) is 6.34. The van der Waals surface area contributed by atoms with Gasteiger partial charge in [0, 0.05) is 30.4 Å². The van der Waals surface area contributed by atoms with Crippen molar-refractivity contribution in [2.45, 2.75) is 25.6 Å². The molecule has 6 heteroatoms. The first kappa shape index (κ1) is 15.9. The van der Waals surface area contributed by atoms with Crippen LogP contribution in [0.5, 0.6) is 17.2 Å². The molecule has 24 heavy (non-hydrogen) atoms. The van der Waals surface area contributed by atoms with Gasteiger partial charge in [0.15, 0.2) is 11.5 Å². The summed E-state index contributed by atoms with van der Waals surface area (Å²) in [6.07, 6.45) is 0. The monoisotopic (exact) mass is 366 g/mol. The van der Waals surface area contributed by atoms with E-state index in [2.05, 4.69) is 0 Å². The molecule has 0 fully saturated rings. The third-order valence-corrected chi connectivity index (χ3v) is 5.54. The van der Waals surface area contributed by atoms with Crippen molar-refractivity contribution in [3.63, 3.8) is 0 Å². The fraction of sp³-hybridized carbons (Fsp3) is 0.333. The summed E-state index contributed by atoms with van der Waals surface area (Å²) in [7, 11) is 0. The Kier molecular flexibility index (Phi) is 3.60. The van der Waals surface area contributed by atoms with E-state index < -0.39 is 5.79 Å². The standard InChI is InChI=1S/C18H16Cl2O4/c1-9-17(10-3-4-12(19)13(20)5-10)11-6-15-16(23-8-22-15)7-14(11)24-18(9,2)21/h3-7,9,17,21H,8H2,1-2H3/t9-,17-,18-/m1/s1. The lowest BCUT2D eigenvalue weighted by atomic mass is 9.75. The zero-order valence-corrected chi connectivity index (χ0v) is 14.7. The van der Waals surface area contributed by atoms with Crippen LogP contribution in [0.15, 0.2) is 30.3 Å². The van der Waals surface area contributed by atoms with Gasteiger partial charge in [0.2, 0.25) is 12.6 Å². The molecule has 1 N–H and O–H groups in total. The Balaban J connectivity index is 1.90. The molecule has 0 amide bonds. The maximum atomic E-state index is 10.7. The Labute approximate surface area is 149 Å². The minimum atomic E-state index is -1.32. The molecule has 0 aliphatic carbocycles. The fourth-order valence-electron chi connectivity index (χ4n) is 3.34. The van der Waals surface area contributed by atoms with Crippen LogP contribution in [0.2, 0.25) is 10.0 Å². The molecule has 126 valence electrons. The normalized spacial score (nSPS) is 27.5. The Morgan fingerprint density at radius 2 is 1.75 bits per heavy atom. The molecule has 4 nitrogen and oxygen atoms in total. The van der Waals surface area contributed by atoms with E-state index in [0.717, 1.165) is 11.1 Å². The van der Waals surface area contributed by atoms with Crippen LogP contribution in [-0.2, 0) is 0 Å². The Hall–Kier alpha value is -1.62. The summed E-state index contributed by atoms with van der Waals surface area (Å²) < 4.78 is 16.7. The lowest BCUT2D eigenvalue weighted by molar-refractivity contribution is -0.171. The number of halogens is 2. The van der Waals surface area contributed by atoms with E-state index in [0.29, 0.717) is 27.3 Å². The van der Waals surface area contributed by atoms with E-state index in [4.69, 9.17) is 37.4 Å². The zero-order valence-electron chi connectivity index (χ0n) is 13.2. The number of aliphatic hydroxyl groups is 1. The van der Waals surface area contributed by atoms with Crippen LogP contribution in [0.4, 0.5) is 0 Å². The van der Waals surface area contributed by atoms with Gasteiger partial charge in [0.1, 0.15) is 5.75 Å². The first-order valence-electron chi connectivity index (χ1n) is 7.66. The van der Waals surface area contributed by atoms with Crippen molar-refractivity contribution < 1.29 is 19.3 Å². The number of rotatable bonds is 1. The highest BCUT2D eigenvalue weighted by Crippen LogP contribution is 2.51. The van der Waals surface area contributed by atoms with Crippen molar-refractivity contribution in [3.05, 3.63) is 51.5 Å². The minimum Gasteiger partial charge on any atom is -0.462 e. The molecule has 3 atom stereocenters. The first-order valence-corrected chi connectivity index (χ1v) is 8.42. The number of ether oxygens (including phenoxy) is 3. The number of hydrogen-bond acceptors (Lipinski definition) is 4. The van der Waals surface area contributed by atoms with Crippen molar-refractivity contribution in [2.75, 3.05) is 6.79 Å². The van der Waals surface area contributed by atoms with Crippen LogP contribution in [0.25, 0.3) is 0 Å². The molecule has 0 saturated carbocycles. The summed E-state index contributed by atoms with van der Waals surface area (Å²) in [5, 5.41) is 11.7. The van der Waals surface area contributed by atoms with E-state index in [1.54, 1.807) is 19.1 Å². The van der Waals surface area contributed by atoms with Crippen molar-refractivity contribution >= 4 is 23.2 Å². The van der Waals surface area contributed by atoms with E-state index in [1.165, 1.54) is 0 Å². The smallest absolute Gasteiger partial charge is 0.231 e. The molecule has 0 saturated heterocycles. The molecule has 2 aromatic carbocycles. The summed E-state index contributed by atoms with van der Waals surface area (Å²) in [4.78, 5) is 0. The van der Waals surface area contributed by atoms with E-state index in [-0.39, 0.29) is 18.6 Å². The topological polar surface area (TPSA) is 47.9 Å². The molecule has 2 aliphatic heterocycles. The Morgan fingerprint density at radius 1 is 1.04 bits per heavy atom. The maximum Gasteiger partial charge on any atom is 0.231 e. The largest absolute Gasteiger partial charge is 0.462 e. The van der Waals surface area contributed by atoms with Crippen LogP contribution < -0.4 is 14.2 Å². The van der Waals surface area contributed by atoms with E-state index >= 15 is 0 Å². The van der Waals surface area contributed by atoms with Gasteiger partial charge in [-0.2, -0.15) is 0 Å². The van der Waals surface area contributed by atoms with Crippen LogP contribution in [-0.4, -0.2) is 17.7 Å². The molecular formula is C18H16Cl2O4. The quantitative estimate of drug-likeness (QED) is 0.801. The summed E-state index contributed by atoms with van der Waals surface area (Å²) in [5.41, 5.74) is 1.89. The number of fused-ring (bicyclic) bond motifs is 2. The summed E-state index contributed by atoms with van der Waals surface area (Å²) in [6.45, 7) is 3.79. The van der Waals surface area contributed by atoms with Crippen LogP contribution >= 0.6 is 23.2 Å². The lowest BCUT2D eigenvalue weighted by Gasteiger charge is -2.42. The van der Waals surface area contributed by atoms with Crippen LogP contribution in [0, 0.1) is 5.92 Å². The second kappa shape index (κ2) is 5.45. The molecule has 2 aliphatic rings. The minimum absolute atomic E-state index is 0.118. The molecule has 0 bridgehead atoms. The van der Waals surface area contributed by atoms with Gasteiger partial charge in [-0.25, -0.2) is 0 Å². The molecule has 4 rings (SSSR count). The van der Waals surface area contributed by atoms with E-state index in [9.17, 15) is 5.11 Å². The number of benzene rings is 2. The molecule has 0 spiro atoms. The van der Waals surface area contributed by atoms with Gasteiger partial charge in [0.05, 0.1) is 10.0 Å². The highest BCUT2D eigenvalue weighted by Gasteiger charge is 2.44. The highest BCUT2D eigenvalue weighted by atomic mass is 35.5. The first-order chi connectivity index (χ1) is 11.4. The summed E-state index contributed by atoms with van der Waals surface area (Å²) in [6, 6.07) is 9.20. The molecule has 0 radical (unpaired) electrons. The van der Waals surface area contributed by atoms with Crippen molar-refractivity contribution in [1.82, 2.24) is 0 Å². The van der Waals surface area contributed by atoms with Crippen LogP contribution in [0.3, 0.4) is 0 Å². The molecule has 2 heterocycles. The molecule has 2 aromatic rings. The highest BCUT2D eigenvalue weighted by molar-refractivity contribution is 6.42. The van der Waals surface area contributed by atoms with Crippen molar-refractivity contribution in [2.24, 2.45) is 5.92 Å². The summed E-state index contributed by atoms with van der Waals surface area (Å²) >= 11 is 12.2. The van der Waals surface area contributed by atoms with Gasteiger partial charge < -0.3 is 19.3 Å². The van der Waals surface area contributed by atoms with Gasteiger partial charge in [-0.3, -0.25) is 0 Å². The van der Waals surface area contributed by atoms with Gasteiger partial charge >= 0.3 is 0 Å². The van der Waals surface area contributed by atoms with Gasteiger partial charge in [-0.05, 0) is 23.8 Å². The average molecular weight is 367 g/mol. The Morgan fingerprint density at radius 3 is 2.46 bits per heavy atom. The number of hydrogen-bond donors (Lipinski definition) is 1. The van der Waals surface area contributed by atoms with Crippen LogP contribution in [0.1, 0.15) is 30.9 Å². The van der Waals surface area contributed by atoms with Gasteiger partial charge in [-0.15, -0.1) is 0 Å². The molecule has 0 aromatic heterocycles. The van der Waals surface area contributed by atoms with Crippen molar-refractivity contribution in [1.29, 1.82) is 0 Å². The van der Waals surface area contributed by atoms with Crippen molar-refractivity contribution in [3.8, 4) is 17.2 Å².